The van der Waals surface area contributed by atoms with Crippen LogP contribution in [0.5, 0.6) is 0 Å². The Bertz CT molecular complexity index is 1040. The molecule has 2 aromatic carbocycles. The summed E-state index contributed by atoms with van der Waals surface area (Å²) in [5, 5.41) is 5.27. The highest BCUT2D eigenvalue weighted by atomic mass is 19.1. The van der Waals surface area contributed by atoms with E-state index in [1.807, 2.05) is 17.0 Å². The van der Waals surface area contributed by atoms with Gasteiger partial charge in [0.15, 0.2) is 0 Å². The summed E-state index contributed by atoms with van der Waals surface area (Å²) in [5.41, 5.74) is 1.80. The third kappa shape index (κ3) is 5.91. The summed E-state index contributed by atoms with van der Waals surface area (Å²) in [6, 6.07) is 13.7. The lowest BCUT2D eigenvalue weighted by molar-refractivity contribution is -0.136. The molecule has 0 atom stereocenters. The monoisotopic (exact) mass is 467 g/mol. The van der Waals surface area contributed by atoms with Crippen molar-refractivity contribution in [2.45, 2.75) is 19.3 Å². The zero-order valence-corrected chi connectivity index (χ0v) is 19.1. The second-order valence-electron chi connectivity index (χ2n) is 8.54. The third-order valence-electron chi connectivity index (χ3n) is 6.22. The molecule has 2 aliphatic rings. The van der Waals surface area contributed by atoms with Crippen molar-refractivity contribution in [3.05, 3.63) is 54.3 Å². The largest absolute Gasteiger partial charge is 0.367 e. The number of rotatable bonds is 6. The fraction of sp³-hybridized carbons (Fsp3) is 0.400. The van der Waals surface area contributed by atoms with Crippen molar-refractivity contribution in [2.24, 2.45) is 0 Å². The summed E-state index contributed by atoms with van der Waals surface area (Å²) in [5.74, 6) is -1.60. The van der Waals surface area contributed by atoms with Crippen LogP contribution >= 0.6 is 0 Å². The Morgan fingerprint density at radius 1 is 0.912 bits per heavy atom. The lowest BCUT2D eigenvalue weighted by Gasteiger charge is -2.36. The van der Waals surface area contributed by atoms with Crippen LogP contribution in [0.15, 0.2) is 48.5 Å². The molecule has 2 aromatic rings. The van der Waals surface area contributed by atoms with Crippen molar-refractivity contribution in [1.82, 2.24) is 10.2 Å². The van der Waals surface area contributed by atoms with E-state index < -0.39 is 11.8 Å². The Hall–Kier alpha value is -3.46. The number of carbonyl (C=O) groups excluding carboxylic acids is 3. The van der Waals surface area contributed by atoms with E-state index in [2.05, 4.69) is 15.5 Å². The van der Waals surface area contributed by atoms with Crippen molar-refractivity contribution >= 4 is 34.8 Å². The van der Waals surface area contributed by atoms with E-state index in [1.165, 1.54) is 6.07 Å². The van der Waals surface area contributed by atoms with Gasteiger partial charge in [-0.05, 0) is 43.2 Å². The summed E-state index contributed by atoms with van der Waals surface area (Å²) >= 11 is 0. The maximum Gasteiger partial charge on any atom is 0.313 e. The van der Waals surface area contributed by atoms with Gasteiger partial charge in [0.2, 0.25) is 5.91 Å². The number of amides is 3. The molecular formula is C25H30FN5O3. The molecule has 180 valence electrons. The Morgan fingerprint density at radius 2 is 1.71 bits per heavy atom. The molecule has 0 aromatic heterocycles. The van der Waals surface area contributed by atoms with Gasteiger partial charge in [-0.15, -0.1) is 0 Å². The zero-order valence-electron chi connectivity index (χ0n) is 19.1. The fourth-order valence-corrected chi connectivity index (χ4v) is 4.35. The van der Waals surface area contributed by atoms with E-state index in [4.69, 9.17) is 0 Å². The minimum absolute atomic E-state index is 0.0715. The molecule has 0 saturated carbocycles. The smallest absolute Gasteiger partial charge is 0.313 e. The molecule has 9 heteroatoms. The van der Waals surface area contributed by atoms with Gasteiger partial charge in [-0.25, -0.2) is 4.39 Å². The maximum absolute atomic E-state index is 14.0. The van der Waals surface area contributed by atoms with Gasteiger partial charge in [0.05, 0.1) is 5.69 Å². The molecule has 3 amide bonds. The normalized spacial score (nSPS) is 16.9. The predicted molar refractivity (Wildman–Crippen MR) is 129 cm³/mol. The van der Waals surface area contributed by atoms with Crippen LogP contribution in [-0.4, -0.2) is 68.4 Å². The van der Waals surface area contributed by atoms with Crippen LogP contribution in [0.2, 0.25) is 0 Å². The molecule has 34 heavy (non-hydrogen) atoms. The molecule has 2 aliphatic heterocycles. The Balaban J connectivity index is 1.20. The summed E-state index contributed by atoms with van der Waals surface area (Å²) in [7, 11) is 0. The number of para-hydroxylation sites is 1. The topological polar surface area (TPSA) is 85.0 Å². The van der Waals surface area contributed by atoms with Crippen LogP contribution in [0, 0.1) is 5.82 Å². The number of piperazine rings is 1. The average Bonchev–Trinajstić information content (AvgIpc) is 2.85. The van der Waals surface area contributed by atoms with E-state index in [1.54, 1.807) is 35.2 Å². The number of benzene rings is 2. The van der Waals surface area contributed by atoms with E-state index in [0.29, 0.717) is 50.5 Å². The van der Waals surface area contributed by atoms with E-state index in [-0.39, 0.29) is 11.7 Å². The molecule has 8 nitrogen and oxygen atoms in total. The van der Waals surface area contributed by atoms with Crippen LogP contribution in [0.1, 0.15) is 19.3 Å². The molecule has 2 fully saturated rings. The quantitative estimate of drug-likeness (QED) is 0.637. The molecular weight excluding hydrogens is 437 g/mol. The molecule has 2 saturated heterocycles. The molecule has 0 spiro atoms. The van der Waals surface area contributed by atoms with Crippen molar-refractivity contribution in [2.75, 3.05) is 60.9 Å². The van der Waals surface area contributed by atoms with Crippen LogP contribution in [-0.2, 0) is 14.4 Å². The number of hydrogen-bond donors (Lipinski definition) is 2. The number of hydrogen-bond acceptors (Lipinski definition) is 5. The number of piperidine rings is 1. The molecule has 0 bridgehead atoms. The molecule has 2 heterocycles. The zero-order chi connectivity index (χ0) is 23.9. The Kier molecular flexibility index (Phi) is 7.74. The first-order valence-electron chi connectivity index (χ1n) is 11.7. The summed E-state index contributed by atoms with van der Waals surface area (Å²) in [4.78, 5) is 42.6. The van der Waals surface area contributed by atoms with Crippen LogP contribution in [0.4, 0.5) is 21.5 Å². The summed E-state index contributed by atoms with van der Waals surface area (Å²) in [6.07, 6.45) is 2.37. The number of nitrogens with one attached hydrogen (secondary N) is 2. The van der Waals surface area contributed by atoms with Gasteiger partial charge in [0, 0.05) is 63.6 Å². The number of halogens is 1. The SMILES string of the molecule is O=C(NCCN1CCN(c2ccccc2F)CC1)C(=O)Nc1cccc(N2CCCCC2=O)c1. The fourth-order valence-electron chi connectivity index (χ4n) is 4.35. The van der Waals surface area contributed by atoms with Gasteiger partial charge in [-0.3, -0.25) is 19.3 Å². The lowest BCUT2D eigenvalue weighted by Crippen LogP contribution is -2.49. The lowest BCUT2D eigenvalue weighted by atomic mass is 10.1. The standard InChI is InChI=1S/C25H30FN5O3/c26-21-8-1-2-9-22(21)30-16-14-29(15-17-30)13-11-27-24(33)25(34)28-19-6-5-7-20(18-19)31-12-4-3-10-23(31)32/h1-2,5-9,18H,3-4,10-17H2,(H,27,33)(H,28,34). The number of carbonyl (C=O) groups is 3. The van der Waals surface area contributed by atoms with Gasteiger partial charge >= 0.3 is 11.8 Å². The van der Waals surface area contributed by atoms with Gasteiger partial charge in [0.1, 0.15) is 5.82 Å². The molecule has 2 N–H and O–H groups in total. The van der Waals surface area contributed by atoms with E-state index in [9.17, 15) is 18.8 Å². The average molecular weight is 468 g/mol. The van der Waals surface area contributed by atoms with Crippen molar-refractivity contribution in [3.8, 4) is 0 Å². The Morgan fingerprint density at radius 3 is 2.47 bits per heavy atom. The van der Waals surface area contributed by atoms with Crippen molar-refractivity contribution < 1.29 is 18.8 Å². The molecule has 4 rings (SSSR count). The minimum Gasteiger partial charge on any atom is -0.367 e. The third-order valence-corrected chi connectivity index (χ3v) is 6.22. The van der Waals surface area contributed by atoms with E-state index in [0.717, 1.165) is 31.6 Å². The molecule has 0 unspecified atom stereocenters. The van der Waals surface area contributed by atoms with Crippen molar-refractivity contribution in [3.63, 3.8) is 0 Å². The first kappa shape index (κ1) is 23.7. The second-order valence-corrected chi connectivity index (χ2v) is 8.54. The summed E-state index contributed by atoms with van der Waals surface area (Å²) < 4.78 is 14.0. The highest BCUT2D eigenvalue weighted by molar-refractivity contribution is 6.39. The van der Waals surface area contributed by atoms with Gasteiger partial charge < -0.3 is 20.4 Å². The maximum atomic E-state index is 14.0. The van der Waals surface area contributed by atoms with Crippen LogP contribution in [0.3, 0.4) is 0 Å². The minimum atomic E-state index is -0.744. The Labute approximate surface area is 198 Å². The molecule has 0 aliphatic carbocycles. The number of nitrogens with zero attached hydrogens (tertiary/aromatic N) is 3. The van der Waals surface area contributed by atoms with Gasteiger partial charge in [-0.1, -0.05) is 18.2 Å². The van der Waals surface area contributed by atoms with Gasteiger partial charge in [0.25, 0.3) is 0 Å². The first-order chi connectivity index (χ1) is 16.5. The highest BCUT2D eigenvalue weighted by Crippen LogP contribution is 2.24. The predicted octanol–water partition coefficient (Wildman–Crippen LogP) is 2.22. The van der Waals surface area contributed by atoms with Gasteiger partial charge in [-0.2, -0.15) is 0 Å². The summed E-state index contributed by atoms with van der Waals surface area (Å²) in [6.45, 7) is 4.50. The molecule has 0 radical (unpaired) electrons. The van der Waals surface area contributed by atoms with Crippen molar-refractivity contribution in [1.29, 1.82) is 0 Å². The first-order valence-corrected chi connectivity index (χ1v) is 11.7. The number of anilines is 3. The highest BCUT2D eigenvalue weighted by Gasteiger charge is 2.21. The second kappa shape index (κ2) is 11.1. The van der Waals surface area contributed by atoms with E-state index >= 15 is 0 Å². The van der Waals surface area contributed by atoms with Crippen LogP contribution in [0.25, 0.3) is 0 Å². The van der Waals surface area contributed by atoms with Crippen LogP contribution < -0.4 is 20.4 Å².